The molecule has 0 aliphatic carbocycles. The van der Waals surface area contributed by atoms with Crippen LogP contribution in [0, 0.1) is 12.7 Å². The molecule has 1 aromatic heterocycles. The zero-order valence-corrected chi connectivity index (χ0v) is 21.5. The molecule has 1 amide bonds. The number of rotatable bonds is 8. The van der Waals surface area contributed by atoms with Gasteiger partial charge in [0.05, 0.1) is 12.7 Å². The molecule has 10 nitrogen and oxygen atoms in total. The second-order valence-corrected chi connectivity index (χ2v) is 8.42. The molecule has 0 aliphatic heterocycles. The Hall–Kier alpha value is -4.58. The first-order chi connectivity index (χ1) is 19.3. The third-order valence-corrected chi connectivity index (χ3v) is 5.05. The van der Waals surface area contributed by atoms with E-state index in [9.17, 15) is 46.1 Å². The van der Waals surface area contributed by atoms with Crippen LogP contribution in [0.2, 0.25) is 0 Å². The van der Waals surface area contributed by atoms with Gasteiger partial charge in [-0.1, -0.05) is 0 Å². The minimum absolute atomic E-state index is 0.174. The van der Waals surface area contributed by atoms with Crippen LogP contribution < -0.4 is 19.5 Å². The van der Waals surface area contributed by atoms with Gasteiger partial charge in [0, 0.05) is 18.0 Å². The van der Waals surface area contributed by atoms with Crippen molar-refractivity contribution in [2.75, 3.05) is 12.4 Å². The van der Waals surface area contributed by atoms with Crippen molar-refractivity contribution < 1.29 is 69.5 Å². The molecule has 224 valence electrons. The van der Waals surface area contributed by atoms with Crippen LogP contribution in [0.1, 0.15) is 32.0 Å². The minimum atomic E-state index is -5.28. The number of hydrogen-bond donors (Lipinski definition) is 3. The molecule has 0 bridgehead atoms. The lowest BCUT2D eigenvalue weighted by Crippen LogP contribution is -2.35. The number of nitrogens with one attached hydrogen (secondary N) is 1. The number of alkyl halides is 6. The molecule has 0 spiro atoms. The molecule has 0 fully saturated rings. The maximum Gasteiger partial charge on any atom is 0.573 e. The average Bonchev–Trinajstić information content (AvgIpc) is 2.83. The molecule has 2 aromatic carbocycles. The van der Waals surface area contributed by atoms with Crippen molar-refractivity contribution in [2.24, 2.45) is 0 Å². The second kappa shape index (κ2) is 11.7. The molecule has 3 aromatic rings. The Balaban J connectivity index is 2.13. The van der Waals surface area contributed by atoms with Gasteiger partial charge in [0.2, 0.25) is 7.85 Å². The van der Waals surface area contributed by atoms with Crippen molar-refractivity contribution >= 4 is 25.4 Å². The van der Waals surface area contributed by atoms with Gasteiger partial charge in [0.25, 0.3) is 11.8 Å². The van der Waals surface area contributed by atoms with E-state index < -0.39 is 70.2 Å². The predicted octanol–water partition coefficient (Wildman–Crippen LogP) is 3.89. The Labute approximate surface area is 232 Å². The fourth-order valence-corrected chi connectivity index (χ4v) is 3.31. The zero-order chi connectivity index (χ0) is 31.6. The largest absolute Gasteiger partial charge is 0.573 e. The second-order valence-electron chi connectivity index (χ2n) is 8.42. The summed E-state index contributed by atoms with van der Waals surface area (Å²) in [4.78, 5) is 28.8. The zero-order valence-electron chi connectivity index (χ0n) is 21.5. The van der Waals surface area contributed by atoms with Crippen LogP contribution in [0.5, 0.6) is 23.0 Å². The van der Waals surface area contributed by atoms with Crippen molar-refractivity contribution in [1.82, 2.24) is 4.98 Å². The number of benzene rings is 2. The molecular formula is C24H18BF7N2O8. The molecule has 0 atom stereocenters. The summed E-state index contributed by atoms with van der Waals surface area (Å²) in [6.45, 7) is 1.40. The molecular weight excluding hydrogens is 588 g/mol. The fraction of sp³-hybridized carbons (Fsp3) is 0.208. The first-order valence-corrected chi connectivity index (χ1v) is 11.3. The van der Waals surface area contributed by atoms with E-state index in [4.69, 9.17) is 9.47 Å². The van der Waals surface area contributed by atoms with Crippen LogP contribution in [-0.2, 0) is 10.9 Å². The lowest BCUT2D eigenvalue weighted by atomic mass is 10.1. The normalized spacial score (nSPS) is 12.0. The highest BCUT2D eigenvalue weighted by Crippen LogP contribution is 2.41. The number of aromatic nitrogens is 1. The topological polar surface area (TPSA) is 136 Å². The molecule has 1 heterocycles. The quantitative estimate of drug-likeness (QED) is 0.151. The van der Waals surface area contributed by atoms with Gasteiger partial charge in [0.1, 0.15) is 22.8 Å². The van der Waals surface area contributed by atoms with E-state index in [1.54, 1.807) is 0 Å². The van der Waals surface area contributed by atoms with Gasteiger partial charge < -0.3 is 34.5 Å². The average molecular weight is 606 g/mol. The Bertz CT molecular complexity index is 1510. The highest BCUT2D eigenvalue weighted by Gasteiger charge is 2.38. The van der Waals surface area contributed by atoms with Gasteiger partial charge in [-0.25, -0.2) is 14.2 Å². The van der Waals surface area contributed by atoms with Gasteiger partial charge in [-0.2, -0.15) is 13.2 Å². The van der Waals surface area contributed by atoms with Gasteiger partial charge >= 0.3 is 18.5 Å². The number of carbonyl (C=O) groups is 2. The van der Waals surface area contributed by atoms with E-state index >= 15 is 4.39 Å². The summed E-state index contributed by atoms with van der Waals surface area (Å²) in [7, 11) is 1.70. The Morgan fingerprint density at radius 1 is 0.952 bits per heavy atom. The van der Waals surface area contributed by atoms with E-state index in [0.717, 1.165) is 25.4 Å². The van der Waals surface area contributed by atoms with Crippen LogP contribution in [-0.4, -0.2) is 54.3 Å². The van der Waals surface area contributed by atoms with Crippen molar-refractivity contribution in [3.8, 4) is 23.0 Å². The van der Waals surface area contributed by atoms with E-state index in [0.29, 0.717) is 26.0 Å². The molecule has 0 unspecified atom stereocenters. The van der Waals surface area contributed by atoms with Gasteiger partial charge in [-0.05, 0) is 42.8 Å². The molecule has 18 heteroatoms. The summed E-state index contributed by atoms with van der Waals surface area (Å²) in [5, 5.41) is 21.3. The van der Waals surface area contributed by atoms with Gasteiger partial charge in [0.15, 0.2) is 17.3 Å². The monoisotopic (exact) mass is 606 g/mol. The first kappa shape index (κ1) is 31.9. The van der Waals surface area contributed by atoms with Crippen LogP contribution in [0.4, 0.5) is 36.4 Å². The fourth-order valence-electron chi connectivity index (χ4n) is 3.31. The van der Waals surface area contributed by atoms with Crippen LogP contribution in [0.3, 0.4) is 0 Å². The molecule has 0 aliphatic rings. The lowest BCUT2D eigenvalue weighted by Gasteiger charge is -2.22. The highest BCUT2D eigenvalue weighted by atomic mass is 19.4. The van der Waals surface area contributed by atoms with Crippen LogP contribution >= 0.6 is 0 Å². The van der Waals surface area contributed by atoms with E-state index in [1.165, 1.54) is 6.92 Å². The number of carbonyl (C=O) groups excluding carboxylic acids is 2. The minimum Gasteiger partial charge on any atom is -0.464 e. The van der Waals surface area contributed by atoms with Crippen LogP contribution in [0.25, 0.3) is 0 Å². The predicted molar refractivity (Wildman–Crippen MR) is 129 cm³/mol. The lowest BCUT2D eigenvalue weighted by molar-refractivity contribution is -0.274. The smallest absolute Gasteiger partial charge is 0.464 e. The van der Waals surface area contributed by atoms with Gasteiger partial charge in [-0.3, -0.25) is 4.79 Å². The number of aryl methyl sites for hydroxylation is 1. The number of halogens is 7. The highest BCUT2D eigenvalue weighted by molar-refractivity contribution is 6.12. The standard InChI is InChI=1S/C24H18BF7N2O8/c1-10-9-33-14(21(36)39-2)8-13(10)34-20(35)18-16(6-4-12(19(18)26)22(27,28)29)40-15-5-3-11(41-24(30,31)32)7-17(15)42-23(25,37)38/h3-9,37-38H,25H2,1-2H3,(H,33,34,35). The van der Waals surface area contributed by atoms with Gasteiger partial charge in [-0.15, -0.1) is 13.2 Å². The molecule has 42 heavy (non-hydrogen) atoms. The summed E-state index contributed by atoms with van der Waals surface area (Å²) in [5.74, 6) is -10.9. The first-order valence-electron chi connectivity index (χ1n) is 11.3. The molecule has 0 saturated carbocycles. The summed E-state index contributed by atoms with van der Waals surface area (Å²) >= 11 is 0. The van der Waals surface area contributed by atoms with E-state index in [2.05, 4.69) is 19.8 Å². The Kier molecular flexibility index (Phi) is 8.92. The third-order valence-electron chi connectivity index (χ3n) is 5.05. The summed E-state index contributed by atoms with van der Waals surface area (Å²) in [6, 6.07) is 3.66. The number of pyridine rings is 1. The Morgan fingerprint density at radius 3 is 2.17 bits per heavy atom. The number of aliphatic hydroxyl groups is 2. The Morgan fingerprint density at radius 2 is 1.60 bits per heavy atom. The SMILES string of the molecule is BC(O)(O)Oc1cc(OC(F)(F)F)ccc1Oc1ccc(C(F)(F)F)c(F)c1C(=O)Nc1cc(C(=O)OC)ncc1C. The summed E-state index contributed by atoms with van der Waals surface area (Å²) < 4.78 is 112. The maximum atomic E-state index is 15.3. The van der Waals surface area contributed by atoms with Crippen LogP contribution in [0.15, 0.2) is 42.6 Å². The number of esters is 1. The van der Waals surface area contributed by atoms with Crippen molar-refractivity contribution in [3.63, 3.8) is 0 Å². The van der Waals surface area contributed by atoms with Crippen molar-refractivity contribution in [3.05, 3.63) is 70.8 Å². The summed E-state index contributed by atoms with van der Waals surface area (Å²) in [5.41, 5.74) is -3.47. The van der Waals surface area contributed by atoms with Crippen molar-refractivity contribution in [1.29, 1.82) is 0 Å². The molecule has 0 radical (unpaired) electrons. The summed E-state index contributed by atoms with van der Waals surface area (Å²) in [6.07, 6.45) is -9.33. The van der Waals surface area contributed by atoms with Crippen molar-refractivity contribution in [2.45, 2.75) is 25.3 Å². The van der Waals surface area contributed by atoms with E-state index in [1.807, 2.05) is 0 Å². The number of amides is 1. The maximum absolute atomic E-state index is 15.3. The molecule has 3 rings (SSSR count). The number of ether oxygens (including phenoxy) is 4. The number of methoxy groups -OCH3 is 1. The number of nitrogens with zero attached hydrogens (tertiary/aromatic N) is 1. The molecule has 0 saturated heterocycles. The number of hydrogen-bond acceptors (Lipinski definition) is 9. The number of anilines is 1. The molecule has 3 N–H and O–H groups in total. The third kappa shape index (κ3) is 8.00. The van der Waals surface area contributed by atoms with E-state index in [-0.39, 0.29) is 23.0 Å².